The van der Waals surface area contributed by atoms with Crippen LogP contribution in [-0.2, 0) is 9.53 Å². The quantitative estimate of drug-likeness (QED) is 0.652. The second-order valence-electron chi connectivity index (χ2n) is 5.33. The Labute approximate surface area is 117 Å². The number of nitrogens with zero attached hydrogens (tertiary/aromatic N) is 1. The maximum Gasteiger partial charge on any atom is 0.222 e. The van der Waals surface area contributed by atoms with Crippen LogP contribution in [0.15, 0.2) is 0 Å². The van der Waals surface area contributed by atoms with Crippen molar-refractivity contribution in [1.29, 1.82) is 0 Å². The number of ether oxygens (including phenoxy) is 1. The Morgan fingerprint density at radius 3 is 2.68 bits per heavy atom. The van der Waals surface area contributed by atoms with Gasteiger partial charge in [0.2, 0.25) is 5.91 Å². The highest BCUT2D eigenvalue weighted by molar-refractivity contribution is 5.76. The molecule has 0 aromatic carbocycles. The molecule has 0 aromatic heterocycles. The lowest BCUT2D eigenvalue weighted by Crippen LogP contribution is -2.39. The normalized spacial score (nSPS) is 16.5. The predicted molar refractivity (Wildman–Crippen MR) is 78.2 cm³/mol. The van der Waals surface area contributed by atoms with Crippen molar-refractivity contribution >= 4 is 5.91 Å². The van der Waals surface area contributed by atoms with Gasteiger partial charge in [0.25, 0.3) is 0 Å². The van der Waals surface area contributed by atoms with E-state index in [1.54, 1.807) is 0 Å². The fourth-order valence-electron chi connectivity index (χ4n) is 2.59. The molecule has 4 nitrogen and oxygen atoms in total. The first-order chi connectivity index (χ1) is 9.27. The molecule has 0 aromatic rings. The molecule has 0 unspecified atom stereocenters. The van der Waals surface area contributed by atoms with Gasteiger partial charge in [0.15, 0.2) is 0 Å². The van der Waals surface area contributed by atoms with Gasteiger partial charge >= 0.3 is 0 Å². The second kappa shape index (κ2) is 10.2. The summed E-state index contributed by atoms with van der Waals surface area (Å²) in [6, 6.07) is 0. The maximum absolute atomic E-state index is 12.2. The molecule has 1 N–H and O–H groups in total. The Hall–Kier alpha value is -0.610. The van der Waals surface area contributed by atoms with Crippen LogP contribution >= 0.6 is 0 Å². The van der Waals surface area contributed by atoms with Crippen molar-refractivity contribution in [3.8, 4) is 0 Å². The molecule has 0 aliphatic carbocycles. The van der Waals surface area contributed by atoms with Crippen molar-refractivity contribution in [2.24, 2.45) is 5.92 Å². The zero-order chi connectivity index (χ0) is 13.9. The summed E-state index contributed by atoms with van der Waals surface area (Å²) >= 11 is 0. The zero-order valence-corrected chi connectivity index (χ0v) is 12.6. The van der Waals surface area contributed by atoms with E-state index in [4.69, 9.17) is 4.74 Å². The molecule has 0 radical (unpaired) electrons. The van der Waals surface area contributed by atoms with Gasteiger partial charge < -0.3 is 15.0 Å². The van der Waals surface area contributed by atoms with Gasteiger partial charge in [-0.05, 0) is 51.6 Å². The minimum absolute atomic E-state index is 0.306. The summed E-state index contributed by atoms with van der Waals surface area (Å²) < 4.78 is 5.29. The smallest absolute Gasteiger partial charge is 0.222 e. The molecular formula is C15H30N2O2. The third-order valence-corrected chi connectivity index (χ3v) is 3.67. The van der Waals surface area contributed by atoms with Crippen LogP contribution in [0.1, 0.15) is 46.0 Å². The van der Waals surface area contributed by atoms with Crippen LogP contribution in [-0.4, -0.2) is 50.2 Å². The number of amides is 1. The number of hydrogen-bond donors (Lipinski definition) is 1. The lowest BCUT2D eigenvalue weighted by atomic mass is 9.97. The predicted octanol–water partition coefficient (Wildman–Crippen LogP) is 2.04. The minimum Gasteiger partial charge on any atom is -0.382 e. The van der Waals surface area contributed by atoms with Crippen molar-refractivity contribution in [3.05, 3.63) is 0 Å². The lowest BCUT2D eigenvalue weighted by molar-refractivity contribution is -0.132. The Morgan fingerprint density at radius 1 is 1.32 bits per heavy atom. The first-order valence-electron chi connectivity index (χ1n) is 7.84. The van der Waals surface area contributed by atoms with Crippen molar-refractivity contribution in [1.82, 2.24) is 10.2 Å². The van der Waals surface area contributed by atoms with E-state index in [0.717, 1.165) is 45.6 Å². The molecular weight excluding hydrogens is 240 g/mol. The van der Waals surface area contributed by atoms with Crippen LogP contribution < -0.4 is 5.32 Å². The minimum atomic E-state index is 0.306. The largest absolute Gasteiger partial charge is 0.382 e. The van der Waals surface area contributed by atoms with Gasteiger partial charge in [-0.1, -0.05) is 6.92 Å². The van der Waals surface area contributed by atoms with E-state index < -0.39 is 0 Å². The van der Waals surface area contributed by atoms with Gasteiger partial charge in [0.1, 0.15) is 0 Å². The highest BCUT2D eigenvalue weighted by atomic mass is 16.5. The van der Waals surface area contributed by atoms with E-state index in [-0.39, 0.29) is 0 Å². The monoisotopic (exact) mass is 270 g/mol. The Morgan fingerprint density at radius 2 is 2.05 bits per heavy atom. The van der Waals surface area contributed by atoms with Crippen LogP contribution in [0.25, 0.3) is 0 Å². The highest BCUT2D eigenvalue weighted by Gasteiger charge is 2.19. The number of piperidine rings is 1. The number of carbonyl (C=O) groups is 1. The Balaban J connectivity index is 2.30. The summed E-state index contributed by atoms with van der Waals surface area (Å²) in [6.45, 7) is 9.62. The fourth-order valence-corrected chi connectivity index (χ4v) is 2.59. The zero-order valence-electron chi connectivity index (χ0n) is 12.6. The van der Waals surface area contributed by atoms with E-state index in [0.29, 0.717) is 24.9 Å². The van der Waals surface area contributed by atoms with E-state index in [1.165, 1.54) is 12.8 Å². The van der Waals surface area contributed by atoms with Gasteiger partial charge in [-0.15, -0.1) is 0 Å². The van der Waals surface area contributed by atoms with E-state index in [9.17, 15) is 4.79 Å². The molecule has 1 saturated heterocycles. The number of nitrogens with one attached hydrogen (secondary N) is 1. The van der Waals surface area contributed by atoms with E-state index in [2.05, 4.69) is 17.1 Å². The summed E-state index contributed by atoms with van der Waals surface area (Å²) in [4.78, 5) is 14.3. The van der Waals surface area contributed by atoms with Gasteiger partial charge in [0, 0.05) is 32.7 Å². The van der Waals surface area contributed by atoms with E-state index in [1.807, 2.05) is 6.92 Å². The number of rotatable bonds is 9. The van der Waals surface area contributed by atoms with Crippen LogP contribution in [0, 0.1) is 5.92 Å². The molecule has 1 rings (SSSR count). The van der Waals surface area contributed by atoms with Crippen molar-refractivity contribution in [2.75, 3.05) is 39.4 Å². The Kier molecular flexibility index (Phi) is 8.84. The van der Waals surface area contributed by atoms with Crippen LogP contribution in [0.2, 0.25) is 0 Å². The fraction of sp³-hybridized carbons (Fsp3) is 0.933. The van der Waals surface area contributed by atoms with Crippen molar-refractivity contribution in [2.45, 2.75) is 46.0 Å². The molecule has 0 saturated carbocycles. The highest BCUT2D eigenvalue weighted by Crippen LogP contribution is 2.14. The van der Waals surface area contributed by atoms with Crippen LogP contribution in [0.3, 0.4) is 0 Å². The molecule has 1 aliphatic rings. The number of hydrogen-bond acceptors (Lipinski definition) is 3. The van der Waals surface area contributed by atoms with Crippen LogP contribution in [0.5, 0.6) is 0 Å². The van der Waals surface area contributed by atoms with Crippen molar-refractivity contribution in [3.63, 3.8) is 0 Å². The van der Waals surface area contributed by atoms with Gasteiger partial charge in [0.05, 0.1) is 0 Å². The molecule has 0 bridgehead atoms. The molecule has 0 spiro atoms. The topological polar surface area (TPSA) is 41.6 Å². The summed E-state index contributed by atoms with van der Waals surface area (Å²) in [5.41, 5.74) is 0. The molecule has 1 fully saturated rings. The summed E-state index contributed by atoms with van der Waals surface area (Å²) in [5.74, 6) is 0.990. The first-order valence-corrected chi connectivity index (χ1v) is 7.84. The number of carbonyl (C=O) groups excluding carboxylic acids is 1. The van der Waals surface area contributed by atoms with Gasteiger partial charge in [-0.25, -0.2) is 0 Å². The van der Waals surface area contributed by atoms with Gasteiger partial charge in [-0.3, -0.25) is 4.79 Å². The maximum atomic E-state index is 12.2. The van der Waals surface area contributed by atoms with E-state index >= 15 is 0 Å². The first kappa shape index (κ1) is 16.4. The molecule has 1 aliphatic heterocycles. The third kappa shape index (κ3) is 6.92. The average Bonchev–Trinajstić information content (AvgIpc) is 2.44. The molecule has 112 valence electrons. The summed E-state index contributed by atoms with van der Waals surface area (Å²) in [5, 5.41) is 3.38. The molecule has 4 heteroatoms. The van der Waals surface area contributed by atoms with Crippen molar-refractivity contribution < 1.29 is 9.53 Å². The molecule has 1 heterocycles. The SMILES string of the molecule is CCCN(CC1CCNCC1)C(=O)CCCOCC. The summed E-state index contributed by atoms with van der Waals surface area (Å²) in [6.07, 6.45) is 4.92. The Bertz CT molecular complexity index is 240. The molecule has 0 atom stereocenters. The standard InChI is InChI=1S/C15H30N2O2/c1-3-11-17(13-14-7-9-16-10-8-14)15(18)6-5-12-19-4-2/h14,16H,3-13H2,1-2H3. The average molecular weight is 270 g/mol. The molecule has 19 heavy (non-hydrogen) atoms. The summed E-state index contributed by atoms with van der Waals surface area (Å²) in [7, 11) is 0. The van der Waals surface area contributed by atoms with Gasteiger partial charge in [-0.2, -0.15) is 0 Å². The second-order valence-corrected chi connectivity index (χ2v) is 5.33. The van der Waals surface area contributed by atoms with Crippen LogP contribution in [0.4, 0.5) is 0 Å². The molecule has 1 amide bonds. The third-order valence-electron chi connectivity index (χ3n) is 3.67. The lowest BCUT2D eigenvalue weighted by Gasteiger charge is -2.30.